The van der Waals surface area contributed by atoms with Crippen LogP contribution < -0.4 is 10.3 Å². The number of rotatable bonds is 6. The van der Waals surface area contributed by atoms with E-state index in [1.807, 2.05) is 6.92 Å². The van der Waals surface area contributed by atoms with Gasteiger partial charge in [0, 0.05) is 6.20 Å². The Bertz CT molecular complexity index is 1170. The molecule has 144 valence electrons. The molecule has 0 bridgehead atoms. The molecule has 28 heavy (non-hydrogen) atoms. The standard InChI is InChI=1S/C19H21N7O2/c1-10(2)4-5-13-15(9-22-26-13)28-19-24-16-12(18(27)25-19)6-7-20-17(16)14-8-21-11(3)23-14/h6-10H,4-5H2,1-3H3,(H,21,23)(H,22,26)(H,24,25,27). The molecular formula is C19H21N7O2. The number of aryl methyl sites for hydroxylation is 2. The Balaban J connectivity index is 1.73. The van der Waals surface area contributed by atoms with Crippen molar-refractivity contribution >= 4 is 10.9 Å². The van der Waals surface area contributed by atoms with Gasteiger partial charge in [-0.25, -0.2) is 4.98 Å². The first kappa shape index (κ1) is 17.9. The van der Waals surface area contributed by atoms with E-state index in [4.69, 9.17) is 4.74 Å². The van der Waals surface area contributed by atoms with Crippen molar-refractivity contribution in [3.05, 3.63) is 46.5 Å². The minimum Gasteiger partial charge on any atom is -0.422 e. The van der Waals surface area contributed by atoms with Gasteiger partial charge in [-0.2, -0.15) is 10.1 Å². The van der Waals surface area contributed by atoms with E-state index in [-0.39, 0.29) is 11.6 Å². The highest BCUT2D eigenvalue weighted by Gasteiger charge is 2.15. The van der Waals surface area contributed by atoms with Gasteiger partial charge in [0.1, 0.15) is 17.0 Å². The van der Waals surface area contributed by atoms with Crippen LogP contribution in [0.25, 0.3) is 22.3 Å². The second-order valence-corrected chi connectivity index (χ2v) is 7.06. The average molecular weight is 379 g/mol. The number of nitrogens with zero attached hydrogens (tertiary/aromatic N) is 4. The number of hydrogen-bond acceptors (Lipinski definition) is 6. The highest BCUT2D eigenvalue weighted by Crippen LogP contribution is 2.26. The van der Waals surface area contributed by atoms with Gasteiger partial charge in [0.2, 0.25) is 0 Å². The molecule has 0 radical (unpaired) electrons. The molecule has 4 aromatic rings. The molecule has 4 aromatic heterocycles. The highest BCUT2D eigenvalue weighted by atomic mass is 16.5. The summed E-state index contributed by atoms with van der Waals surface area (Å²) in [5, 5.41) is 7.43. The maximum atomic E-state index is 12.6. The van der Waals surface area contributed by atoms with Crippen molar-refractivity contribution in [3.8, 4) is 23.1 Å². The smallest absolute Gasteiger partial charge is 0.302 e. The topological polar surface area (TPSA) is 125 Å². The van der Waals surface area contributed by atoms with Crippen molar-refractivity contribution in [2.45, 2.75) is 33.6 Å². The predicted octanol–water partition coefficient (Wildman–Crippen LogP) is 3.12. The molecule has 0 aliphatic carbocycles. The molecule has 9 heteroatoms. The quantitative estimate of drug-likeness (QED) is 0.473. The van der Waals surface area contributed by atoms with Crippen molar-refractivity contribution in [3.63, 3.8) is 0 Å². The van der Waals surface area contributed by atoms with Crippen molar-refractivity contribution in [1.82, 2.24) is 35.1 Å². The van der Waals surface area contributed by atoms with E-state index in [0.717, 1.165) is 24.4 Å². The van der Waals surface area contributed by atoms with E-state index in [2.05, 4.69) is 49.0 Å². The van der Waals surface area contributed by atoms with Crippen molar-refractivity contribution in [2.75, 3.05) is 0 Å². The zero-order valence-corrected chi connectivity index (χ0v) is 15.9. The number of hydrogen-bond donors (Lipinski definition) is 3. The van der Waals surface area contributed by atoms with Gasteiger partial charge in [0.05, 0.1) is 29.2 Å². The summed E-state index contributed by atoms with van der Waals surface area (Å²) >= 11 is 0. The number of aromatic nitrogens is 7. The number of aromatic amines is 3. The van der Waals surface area contributed by atoms with E-state index in [9.17, 15) is 4.79 Å². The Morgan fingerprint density at radius 2 is 2.04 bits per heavy atom. The molecule has 0 amide bonds. The third-order valence-corrected chi connectivity index (χ3v) is 4.42. The van der Waals surface area contributed by atoms with Gasteiger partial charge in [-0.1, -0.05) is 13.8 Å². The molecule has 0 atom stereocenters. The van der Waals surface area contributed by atoms with Crippen LogP contribution in [-0.2, 0) is 6.42 Å². The normalized spacial score (nSPS) is 11.4. The van der Waals surface area contributed by atoms with Gasteiger partial charge in [-0.05, 0) is 31.7 Å². The monoisotopic (exact) mass is 379 g/mol. The van der Waals surface area contributed by atoms with E-state index in [0.29, 0.717) is 34.0 Å². The Labute approximate surface area is 160 Å². The fraction of sp³-hybridized carbons (Fsp3) is 0.316. The highest BCUT2D eigenvalue weighted by molar-refractivity contribution is 5.89. The van der Waals surface area contributed by atoms with Gasteiger partial charge < -0.3 is 9.72 Å². The van der Waals surface area contributed by atoms with Crippen LogP contribution in [0.1, 0.15) is 31.8 Å². The van der Waals surface area contributed by atoms with Crippen LogP contribution in [0.3, 0.4) is 0 Å². The van der Waals surface area contributed by atoms with Crippen LogP contribution in [0.4, 0.5) is 0 Å². The van der Waals surface area contributed by atoms with Crippen LogP contribution in [-0.4, -0.2) is 35.1 Å². The molecule has 0 unspecified atom stereocenters. The van der Waals surface area contributed by atoms with Gasteiger partial charge in [0.25, 0.3) is 5.56 Å². The van der Waals surface area contributed by atoms with Crippen LogP contribution in [0.15, 0.2) is 29.5 Å². The number of imidazole rings is 1. The Morgan fingerprint density at radius 1 is 1.18 bits per heavy atom. The minimum absolute atomic E-state index is 0.0928. The average Bonchev–Trinajstić information content (AvgIpc) is 3.28. The first-order valence-electron chi connectivity index (χ1n) is 9.12. The SMILES string of the molecule is Cc1ncc(-c2nccc3c(=O)[nH]c(Oc4cn[nH]c4CCC(C)C)nc23)[nH]1. The number of ether oxygens (including phenoxy) is 1. The molecule has 0 aliphatic heterocycles. The van der Waals surface area contributed by atoms with E-state index >= 15 is 0 Å². The summed E-state index contributed by atoms with van der Waals surface area (Å²) in [5.41, 5.74) is 2.24. The molecule has 0 aromatic carbocycles. The first-order valence-corrected chi connectivity index (χ1v) is 9.12. The Kier molecular flexibility index (Phi) is 4.64. The third-order valence-electron chi connectivity index (χ3n) is 4.42. The number of pyridine rings is 1. The van der Waals surface area contributed by atoms with E-state index in [1.165, 1.54) is 0 Å². The van der Waals surface area contributed by atoms with Crippen molar-refractivity contribution in [2.24, 2.45) is 5.92 Å². The summed E-state index contributed by atoms with van der Waals surface area (Å²) in [6, 6.07) is 1.72. The summed E-state index contributed by atoms with van der Waals surface area (Å²) in [7, 11) is 0. The van der Waals surface area contributed by atoms with Crippen LogP contribution >= 0.6 is 0 Å². The molecule has 0 saturated heterocycles. The molecule has 9 nitrogen and oxygen atoms in total. The lowest BCUT2D eigenvalue weighted by Gasteiger charge is -2.08. The molecule has 0 aliphatic rings. The maximum Gasteiger partial charge on any atom is 0.302 e. The predicted molar refractivity (Wildman–Crippen MR) is 104 cm³/mol. The summed E-state index contributed by atoms with van der Waals surface area (Å²) in [6.07, 6.45) is 6.62. The molecule has 0 saturated carbocycles. The summed E-state index contributed by atoms with van der Waals surface area (Å²) in [4.78, 5) is 31.4. The van der Waals surface area contributed by atoms with Crippen LogP contribution in [0, 0.1) is 12.8 Å². The van der Waals surface area contributed by atoms with Gasteiger partial charge >= 0.3 is 6.01 Å². The maximum absolute atomic E-state index is 12.6. The lowest BCUT2D eigenvalue weighted by Crippen LogP contribution is -2.10. The summed E-state index contributed by atoms with van der Waals surface area (Å²) in [5.74, 6) is 1.86. The largest absolute Gasteiger partial charge is 0.422 e. The Hall–Kier alpha value is -3.49. The van der Waals surface area contributed by atoms with Crippen molar-refractivity contribution < 1.29 is 4.74 Å². The van der Waals surface area contributed by atoms with Crippen LogP contribution in [0.2, 0.25) is 0 Å². The zero-order chi connectivity index (χ0) is 19.7. The molecule has 0 fully saturated rings. The molecule has 0 spiro atoms. The van der Waals surface area contributed by atoms with Gasteiger partial charge in [0.15, 0.2) is 5.75 Å². The van der Waals surface area contributed by atoms with E-state index in [1.54, 1.807) is 24.7 Å². The zero-order valence-electron chi connectivity index (χ0n) is 15.9. The number of fused-ring (bicyclic) bond motifs is 1. The van der Waals surface area contributed by atoms with E-state index < -0.39 is 0 Å². The first-order chi connectivity index (χ1) is 13.5. The minimum atomic E-state index is -0.299. The molecule has 3 N–H and O–H groups in total. The molecule has 4 heterocycles. The second kappa shape index (κ2) is 7.26. The summed E-state index contributed by atoms with van der Waals surface area (Å²) < 4.78 is 5.85. The third kappa shape index (κ3) is 3.51. The fourth-order valence-corrected chi connectivity index (χ4v) is 2.94. The lowest BCUT2D eigenvalue weighted by molar-refractivity contribution is 0.435. The number of nitrogens with one attached hydrogen (secondary N) is 3. The fourth-order valence-electron chi connectivity index (χ4n) is 2.94. The van der Waals surface area contributed by atoms with Crippen molar-refractivity contribution in [1.29, 1.82) is 0 Å². The summed E-state index contributed by atoms with van der Waals surface area (Å²) in [6.45, 7) is 6.16. The van der Waals surface area contributed by atoms with Gasteiger partial charge in [-0.15, -0.1) is 0 Å². The second-order valence-electron chi connectivity index (χ2n) is 7.06. The lowest BCUT2D eigenvalue weighted by atomic mass is 10.1. The molecule has 4 rings (SSSR count). The van der Waals surface area contributed by atoms with Gasteiger partial charge in [-0.3, -0.25) is 19.9 Å². The number of H-pyrrole nitrogens is 3. The Morgan fingerprint density at radius 3 is 2.79 bits per heavy atom. The van der Waals surface area contributed by atoms with Crippen LogP contribution in [0.5, 0.6) is 11.8 Å². The molecular weight excluding hydrogens is 358 g/mol.